The molecule has 0 aliphatic rings. The molecule has 0 atom stereocenters. The molecule has 0 unspecified atom stereocenters. The minimum Gasteiger partial charge on any atom is -0.389 e. The van der Waals surface area contributed by atoms with Gasteiger partial charge >= 0.3 is 6.09 Å². The minimum atomic E-state index is -0.876. The molecule has 0 aliphatic carbocycles. The number of hydrogen-bond donors (Lipinski definition) is 2. The van der Waals surface area contributed by atoms with Crippen molar-refractivity contribution < 1.29 is 9.53 Å². The smallest absolute Gasteiger partial charge is 0.389 e. The summed E-state index contributed by atoms with van der Waals surface area (Å²) in [4.78, 5) is 10.6. The van der Waals surface area contributed by atoms with E-state index < -0.39 is 6.09 Å². The van der Waals surface area contributed by atoms with Gasteiger partial charge in [-0.05, 0) is 5.56 Å². The van der Waals surface area contributed by atoms with Gasteiger partial charge in [0.25, 0.3) is 5.88 Å². The SMILES string of the molecule is NC(=O)Oc1n[nH]cc1-c1ccccc1. The quantitative estimate of drug-likeness (QED) is 0.776. The third-order valence-electron chi connectivity index (χ3n) is 1.89. The van der Waals surface area contributed by atoms with Gasteiger partial charge in [-0.15, -0.1) is 5.10 Å². The van der Waals surface area contributed by atoms with Crippen LogP contribution >= 0.6 is 0 Å². The monoisotopic (exact) mass is 203 g/mol. The van der Waals surface area contributed by atoms with E-state index in [-0.39, 0.29) is 5.88 Å². The van der Waals surface area contributed by atoms with Crippen molar-refractivity contribution >= 4 is 6.09 Å². The molecule has 3 N–H and O–H groups in total. The number of H-pyrrole nitrogens is 1. The number of amides is 1. The lowest BCUT2D eigenvalue weighted by atomic mass is 10.1. The van der Waals surface area contributed by atoms with Gasteiger partial charge in [-0.1, -0.05) is 30.3 Å². The molecule has 0 bridgehead atoms. The summed E-state index contributed by atoms with van der Waals surface area (Å²) >= 11 is 0. The van der Waals surface area contributed by atoms with E-state index in [1.807, 2.05) is 30.3 Å². The first kappa shape index (κ1) is 9.26. The molecule has 0 aliphatic heterocycles. The molecule has 5 heteroatoms. The molecule has 1 aromatic heterocycles. The van der Waals surface area contributed by atoms with Gasteiger partial charge in [0.15, 0.2) is 0 Å². The summed E-state index contributed by atoms with van der Waals surface area (Å²) in [6, 6.07) is 9.45. The van der Waals surface area contributed by atoms with Crippen LogP contribution in [0.4, 0.5) is 4.79 Å². The molecule has 2 rings (SSSR count). The summed E-state index contributed by atoms with van der Waals surface area (Å²) in [6.45, 7) is 0. The average molecular weight is 203 g/mol. The summed E-state index contributed by atoms with van der Waals surface area (Å²) < 4.78 is 4.74. The summed E-state index contributed by atoms with van der Waals surface area (Å²) in [5.74, 6) is 0.189. The van der Waals surface area contributed by atoms with Crippen molar-refractivity contribution in [3.05, 3.63) is 36.5 Å². The number of benzene rings is 1. The topological polar surface area (TPSA) is 81.0 Å². The van der Waals surface area contributed by atoms with E-state index in [9.17, 15) is 4.79 Å². The molecule has 1 aromatic carbocycles. The molecule has 0 saturated carbocycles. The Bertz CT molecular complexity index is 465. The van der Waals surface area contributed by atoms with Gasteiger partial charge in [0.05, 0.1) is 5.56 Å². The van der Waals surface area contributed by atoms with Crippen molar-refractivity contribution in [2.75, 3.05) is 0 Å². The van der Waals surface area contributed by atoms with Crippen LogP contribution in [0.3, 0.4) is 0 Å². The number of nitrogens with zero attached hydrogens (tertiary/aromatic N) is 1. The van der Waals surface area contributed by atoms with Gasteiger partial charge in [-0.3, -0.25) is 5.10 Å². The molecular weight excluding hydrogens is 194 g/mol. The second-order valence-corrected chi connectivity index (χ2v) is 2.89. The van der Waals surface area contributed by atoms with Gasteiger partial charge in [-0.25, -0.2) is 4.79 Å². The average Bonchev–Trinajstić information content (AvgIpc) is 2.66. The number of rotatable bonds is 2. The van der Waals surface area contributed by atoms with E-state index in [0.29, 0.717) is 5.56 Å². The van der Waals surface area contributed by atoms with Crippen molar-refractivity contribution in [3.63, 3.8) is 0 Å². The lowest BCUT2D eigenvalue weighted by Crippen LogP contribution is -2.16. The maximum absolute atomic E-state index is 10.6. The van der Waals surface area contributed by atoms with Gasteiger partial charge in [0, 0.05) is 6.20 Å². The Hall–Kier alpha value is -2.30. The molecule has 1 heterocycles. The first-order valence-corrected chi connectivity index (χ1v) is 4.34. The zero-order valence-electron chi connectivity index (χ0n) is 7.81. The maximum Gasteiger partial charge on any atom is 0.411 e. The Labute approximate surface area is 85.9 Å². The molecule has 0 spiro atoms. The van der Waals surface area contributed by atoms with E-state index in [0.717, 1.165) is 5.56 Å². The Kier molecular flexibility index (Phi) is 2.37. The summed E-state index contributed by atoms with van der Waals surface area (Å²) in [6.07, 6.45) is 0.771. The van der Waals surface area contributed by atoms with Crippen LogP contribution in [0.15, 0.2) is 36.5 Å². The number of carbonyl (C=O) groups is 1. The van der Waals surface area contributed by atoms with Crippen LogP contribution in [0.5, 0.6) is 5.88 Å². The number of hydrogen-bond acceptors (Lipinski definition) is 3. The van der Waals surface area contributed by atoms with Crippen LogP contribution in [0.1, 0.15) is 0 Å². The van der Waals surface area contributed by atoms with Crippen LogP contribution in [0.25, 0.3) is 11.1 Å². The first-order valence-electron chi connectivity index (χ1n) is 4.34. The number of nitrogens with two attached hydrogens (primary N) is 1. The molecule has 1 amide bonds. The van der Waals surface area contributed by atoms with Crippen molar-refractivity contribution in [2.45, 2.75) is 0 Å². The molecule has 5 nitrogen and oxygen atoms in total. The van der Waals surface area contributed by atoms with Gasteiger partial charge in [0.2, 0.25) is 0 Å². The van der Waals surface area contributed by atoms with Crippen LogP contribution in [-0.2, 0) is 0 Å². The van der Waals surface area contributed by atoms with E-state index in [2.05, 4.69) is 10.2 Å². The maximum atomic E-state index is 10.6. The zero-order chi connectivity index (χ0) is 10.7. The van der Waals surface area contributed by atoms with Crippen LogP contribution in [0.2, 0.25) is 0 Å². The van der Waals surface area contributed by atoms with Crippen molar-refractivity contribution in [1.29, 1.82) is 0 Å². The highest BCUT2D eigenvalue weighted by molar-refractivity contribution is 5.74. The van der Waals surface area contributed by atoms with Crippen LogP contribution < -0.4 is 10.5 Å². The third-order valence-corrected chi connectivity index (χ3v) is 1.89. The second-order valence-electron chi connectivity index (χ2n) is 2.89. The molecule has 0 fully saturated rings. The number of carbonyl (C=O) groups excluding carboxylic acids is 1. The number of aromatic nitrogens is 2. The number of nitrogens with one attached hydrogen (secondary N) is 1. The molecule has 2 aromatic rings. The highest BCUT2D eigenvalue weighted by Gasteiger charge is 2.10. The van der Waals surface area contributed by atoms with Gasteiger partial charge < -0.3 is 10.5 Å². The first-order chi connectivity index (χ1) is 7.27. The Morgan fingerprint density at radius 1 is 1.33 bits per heavy atom. The normalized spacial score (nSPS) is 9.87. The highest BCUT2D eigenvalue weighted by atomic mass is 16.6. The Morgan fingerprint density at radius 2 is 2.07 bits per heavy atom. The van der Waals surface area contributed by atoms with Gasteiger partial charge in [0.1, 0.15) is 0 Å². The largest absolute Gasteiger partial charge is 0.411 e. The minimum absolute atomic E-state index is 0.189. The molecule has 76 valence electrons. The number of primary amides is 1. The van der Waals surface area contributed by atoms with Crippen molar-refractivity contribution in [3.8, 4) is 17.0 Å². The van der Waals surface area contributed by atoms with Crippen LogP contribution in [0, 0.1) is 0 Å². The third kappa shape index (κ3) is 1.96. The van der Waals surface area contributed by atoms with Crippen molar-refractivity contribution in [2.24, 2.45) is 5.73 Å². The fourth-order valence-electron chi connectivity index (χ4n) is 1.28. The summed E-state index contributed by atoms with van der Waals surface area (Å²) in [5, 5.41) is 6.40. The number of aromatic amines is 1. The van der Waals surface area contributed by atoms with Gasteiger partial charge in [-0.2, -0.15) is 0 Å². The zero-order valence-corrected chi connectivity index (χ0v) is 7.81. The predicted molar refractivity (Wildman–Crippen MR) is 54.2 cm³/mol. The van der Waals surface area contributed by atoms with Crippen LogP contribution in [-0.4, -0.2) is 16.3 Å². The van der Waals surface area contributed by atoms with E-state index in [4.69, 9.17) is 10.5 Å². The summed E-state index contributed by atoms with van der Waals surface area (Å²) in [7, 11) is 0. The van der Waals surface area contributed by atoms with E-state index >= 15 is 0 Å². The molecular formula is C10H9N3O2. The lowest BCUT2D eigenvalue weighted by molar-refractivity contribution is 0.209. The predicted octanol–water partition coefficient (Wildman–Crippen LogP) is 1.53. The Morgan fingerprint density at radius 3 is 2.73 bits per heavy atom. The molecule has 0 radical (unpaired) electrons. The molecule has 15 heavy (non-hydrogen) atoms. The fraction of sp³-hybridized carbons (Fsp3) is 0. The fourth-order valence-corrected chi connectivity index (χ4v) is 1.28. The highest BCUT2D eigenvalue weighted by Crippen LogP contribution is 2.26. The van der Waals surface area contributed by atoms with E-state index in [1.165, 1.54) is 0 Å². The molecule has 0 saturated heterocycles. The standard InChI is InChI=1S/C10H9N3O2/c11-10(14)15-9-8(6-12-13-9)7-4-2-1-3-5-7/h1-6H,(H2,11,14)(H,12,13). The number of ether oxygens (including phenoxy) is 1. The Balaban J connectivity index is 2.37. The lowest BCUT2D eigenvalue weighted by Gasteiger charge is -2.00. The van der Waals surface area contributed by atoms with E-state index in [1.54, 1.807) is 6.20 Å². The summed E-state index contributed by atoms with van der Waals surface area (Å²) in [5.41, 5.74) is 6.52. The van der Waals surface area contributed by atoms with Crippen molar-refractivity contribution in [1.82, 2.24) is 10.2 Å². The second kappa shape index (κ2) is 3.83.